The van der Waals surface area contributed by atoms with Gasteiger partial charge in [0.1, 0.15) is 0 Å². The van der Waals surface area contributed by atoms with E-state index in [0.717, 1.165) is 18.7 Å². The van der Waals surface area contributed by atoms with E-state index >= 15 is 0 Å². The van der Waals surface area contributed by atoms with Gasteiger partial charge in [0.05, 0.1) is 5.75 Å². The lowest BCUT2D eigenvalue weighted by Gasteiger charge is -2.06. The SMILES string of the molecule is CCNCCCS(=O)(=O)NCCc1cccnc1. The van der Waals surface area contributed by atoms with Gasteiger partial charge in [-0.2, -0.15) is 0 Å². The highest BCUT2D eigenvalue weighted by atomic mass is 32.2. The monoisotopic (exact) mass is 271 g/mol. The number of nitrogens with one attached hydrogen (secondary N) is 2. The Kier molecular flexibility index (Phi) is 6.85. The fourth-order valence-corrected chi connectivity index (χ4v) is 2.61. The van der Waals surface area contributed by atoms with E-state index in [9.17, 15) is 8.42 Å². The van der Waals surface area contributed by atoms with Crippen LogP contribution in [0.4, 0.5) is 0 Å². The summed E-state index contributed by atoms with van der Waals surface area (Å²) < 4.78 is 25.9. The molecule has 0 saturated carbocycles. The summed E-state index contributed by atoms with van der Waals surface area (Å²) in [4.78, 5) is 3.98. The summed E-state index contributed by atoms with van der Waals surface area (Å²) in [5, 5.41) is 3.10. The molecule has 0 fully saturated rings. The predicted octanol–water partition coefficient (Wildman–Crippen LogP) is 0.543. The van der Waals surface area contributed by atoms with Gasteiger partial charge in [-0.05, 0) is 37.6 Å². The molecular formula is C12H21N3O2S. The third kappa shape index (κ3) is 6.68. The second-order valence-corrected chi connectivity index (χ2v) is 5.96. The van der Waals surface area contributed by atoms with Crippen LogP contribution in [-0.2, 0) is 16.4 Å². The number of nitrogens with zero attached hydrogens (tertiary/aromatic N) is 1. The maximum Gasteiger partial charge on any atom is 0.211 e. The van der Waals surface area contributed by atoms with Crippen LogP contribution in [0.2, 0.25) is 0 Å². The highest BCUT2D eigenvalue weighted by Crippen LogP contribution is 1.96. The molecule has 0 radical (unpaired) electrons. The fourth-order valence-electron chi connectivity index (χ4n) is 1.53. The fraction of sp³-hybridized carbons (Fsp3) is 0.583. The Hall–Kier alpha value is -0.980. The van der Waals surface area contributed by atoms with Crippen molar-refractivity contribution in [2.45, 2.75) is 19.8 Å². The molecule has 0 spiro atoms. The van der Waals surface area contributed by atoms with E-state index in [1.807, 2.05) is 19.1 Å². The van der Waals surface area contributed by atoms with Gasteiger partial charge in [0, 0.05) is 18.9 Å². The third-order valence-corrected chi connectivity index (χ3v) is 3.95. The summed E-state index contributed by atoms with van der Waals surface area (Å²) in [6.45, 7) is 4.03. The minimum atomic E-state index is -3.14. The minimum absolute atomic E-state index is 0.174. The first-order valence-electron chi connectivity index (χ1n) is 6.21. The molecule has 0 bridgehead atoms. The molecule has 1 heterocycles. The zero-order valence-electron chi connectivity index (χ0n) is 10.7. The number of hydrogen-bond donors (Lipinski definition) is 2. The molecule has 5 nitrogen and oxygen atoms in total. The number of rotatable bonds is 9. The van der Waals surface area contributed by atoms with E-state index in [2.05, 4.69) is 15.0 Å². The van der Waals surface area contributed by atoms with Gasteiger partial charge in [0.2, 0.25) is 10.0 Å². The molecule has 0 amide bonds. The highest BCUT2D eigenvalue weighted by molar-refractivity contribution is 7.89. The van der Waals surface area contributed by atoms with Crippen molar-refractivity contribution < 1.29 is 8.42 Å². The first kappa shape index (κ1) is 15.1. The van der Waals surface area contributed by atoms with Crippen molar-refractivity contribution in [1.29, 1.82) is 0 Å². The molecule has 1 rings (SSSR count). The van der Waals surface area contributed by atoms with Crippen molar-refractivity contribution in [1.82, 2.24) is 15.0 Å². The zero-order valence-corrected chi connectivity index (χ0v) is 11.5. The van der Waals surface area contributed by atoms with Crippen molar-refractivity contribution >= 4 is 10.0 Å². The Labute approximate surface area is 109 Å². The molecule has 0 atom stereocenters. The van der Waals surface area contributed by atoms with Gasteiger partial charge in [0.25, 0.3) is 0 Å². The summed E-state index contributed by atoms with van der Waals surface area (Å²) in [5.74, 6) is 0.174. The Morgan fingerprint density at radius 2 is 2.17 bits per heavy atom. The van der Waals surface area contributed by atoms with Gasteiger partial charge in [-0.1, -0.05) is 13.0 Å². The maximum atomic E-state index is 11.6. The lowest BCUT2D eigenvalue weighted by Crippen LogP contribution is -2.30. The van der Waals surface area contributed by atoms with Gasteiger partial charge in [-0.3, -0.25) is 4.98 Å². The van der Waals surface area contributed by atoms with Crippen LogP contribution in [0.3, 0.4) is 0 Å². The van der Waals surface area contributed by atoms with E-state index in [4.69, 9.17) is 0 Å². The van der Waals surface area contributed by atoms with Crippen LogP contribution in [0.5, 0.6) is 0 Å². The molecule has 1 aromatic heterocycles. The summed E-state index contributed by atoms with van der Waals surface area (Å²) in [6.07, 6.45) is 4.75. The van der Waals surface area contributed by atoms with Gasteiger partial charge < -0.3 is 5.32 Å². The quantitative estimate of drug-likeness (QED) is 0.643. The second-order valence-electron chi connectivity index (χ2n) is 4.03. The molecular weight excluding hydrogens is 250 g/mol. The van der Waals surface area contributed by atoms with Crippen LogP contribution in [0, 0.1) is 0 Å². The van der Waals surface area contributed by atoms with Crippen LogP contribution in [0.1, 0.15) is 18.9 Å². The minimum Gasteiger partial charge on any atom is -0.317 e. The van der Waals surface area contributed by atoms with Crippen LogP contribution in [-0.4, -0.2) is 38.8 Å². The van der Waals surface area contributed by atoms with Gasteiger partial charge >= 0.3 is 0 Å². The lowest BCUT2D eigenvalue weighted by molar-refractivity contribution is 0.576. The molecule has 2 N–H and O–H groups in total. The first-order valence-corrected chi connectivity index (χ1v) is 7.86. The summed E-state index contributed by atoms with van der Waals surface area (Å²) >= 11 is 0. The second kappa shape index (κ2) is 8.18. The third-order valence-electron chi connectivity index (χ3n) is 2.48. The van der Waals surface area contributed by atoms with E-state index in [1.165, 1.54) is 0 Å². The Balaban J connectivity index is 2.21. The molecule has 18 heavy (non-hydrogen) atoms. The number of hydrogen-bond acceptors (Lipinski definition) is 4. The molecule has 0 saturated heterocycles. The molecule has 0 aliphatic rings. The van der Waals surface area contributed by atoms with E-state index in [1.54, 1.807) is 12.4 Å². The smallest absolute Gasteiger partial charge is 0.211 e. The van der Waals surface area contributed by atoms with Crippen molar-refractivity contribution in [3.8, 4) is 0 Å². The number of sulfonamides is 1. The summed E-state index contributed by atoms with van der Waals surface area (Å²) in [6, 6.07) is 3.78. The maximum absolute atomic E-state index is 11.6. The van der Waals surface area contributed by atoms with Crippen LogP contribution >= 0.6 is 0 Å². The number of aromatic nitrogens is 1. The van der Waals surface area contributed by atoms with Crippen LogP contribution in [0.15, 0.2) is 24.5 Å². The lowest BCUT2D eigenvalue weighted by atomic mass is 10.2. The van der Waals surface area contributed by atoms with Crippen molar-refractivity contribution in [3.63, 3.8) is 0 Å². The molecule has 0 aliphatic carbocycles. The number of pyridine rings is 1. The standard InChI is InChI=1S/C12H21N3O2S/c1-2-13-8-4-10-18(16,17)15-9-6-12-5-3-7-14-11-12/h3,5,7,11,13,15H,2,4,6,8-10H2,1H3. The van der Waals surface area contributed by atoms with Crippen molar-refractivity contribution in [3.05, 3.63) is 30.1 Å². The van der Waals surface area contributed by atoms with Crippen LogP contribution < -0.4 is 10.0 Å². The average molecular weight is 271 g/mol. The van der Waals surface area contributed by atoms with Gasteiger partial charge in [0.15, 0.2) is 0 Å². The first-order chi connectivity index (χ1) is 8.64. The van der Waals surface area contributed by atoms with Gasteiger partial charge in [-0.15, -0.1) is 0 Å². The molecule has 0 unspecified atom stereocenters. The Morgan fingerprint density at radius 3 is 2.83 bits per heavy atom. The normalized spacial score (nSPS) is 11.6. The Bertz CT molecular complexity index is 420. The predicted molar refractivity (Wildman–Crippen MR) is 72.9 cm³/mol. The molecule has 102 valence electrons. The van der Waals surface area contributed by atoms with E-state index < -0.39 is 10.0 Å². The van der Waals surface area contributed by atoms with Crippen molar-refractivity contribution in [2.24, 2.45) is 0 Å². The van der Waals surface area contributed by atoms with E-state index in [0.29, 0.717) is 19.4 Å². The summed E-state index contributed by atoms with van der Waals surface area (Å²) in [7, 11) is -3.14. The van der Waals surface area contributed by atoms with Crippen molar-refractivity contribution in [2.75, 3.05) is 25.4 Å². The zero-order chi connectivity index (χ0) is 13.3. The highest BCUT2D eigenvalue weighted by Gasteiger charge is 2.08. The Morgan fingerprint density at radius 1 is 1.33 bits per heavy atom. The van der Waals surface area contributed by atoms with Gasteiger partial charge in [-0.25, -0.2) is 13.1 Å². The molecule has 0 aliphatic heterocycles. The largest absolute Gasteiger partial charge is 0.317 e. The molecule has 0 aromatic carbocycles. The van der Waals surface area contributed by atoms with Crippen LogP contribution in [0.25, 0.3) is 0 Å². The average Bonchev–Trinajstić information content (AvgIpc) is 2.36. The summed E-state index contributed by atoms with van der Waals surface area (Å²) in [5.41, 5.74) is 1.04. The molecule has 6 heteroatoms. The van der Waals surface area contributed by atoms with E-state index in [-0.39, 0.29) is 5.75 Å². The topological polar surface area (TPSA) is 71.1 Å². The molecule has 1 aromatic rings.